The maximum Gasteiger partial charge on any atom is 0.523 e. The standard InChI is InChI=1S/C18H17F3O5S/c19-18(20,21)27(23,24)26-16(15-9-5-2-6-10-15)11-12-17(22)25-13-14-7-3-1-4-8-14/h1-10,16H,11-13H2. The van der Waals surface area contributed by atoms with Crippen molar-refractivity contribution in [1.82, 2.24) is 0 Å². The second kappa shape index (κ2) is 9.01. The van der Waals surface area contributed by atoms with Gasteiger partial charge in [0.25, 0.3) is 0 Å². The molecule has 0 bridgehead atoms. The molecule has 0 radical (unpaired) electrons. The highest BCUT2D eigenvalue weighted by molar-refractivity contribution is 7.87. The van der Waals surface area contributed by atoms with Crippen molar-refractivity contribution < 1.29 is 35.3 Å². The van der Waals surface area contributed by atoms with Crippen LogP contribution in [0.15, 0.2) is 60.7 Å². The fraction of sp³-hybridized carbons (Fsp3) is 0.278. The van der Waals surface area contributed by atoms with Crippen LogP contribution in [0.25, 0.3) is 0 Å². The summed E-state index contributed by atoms with van der Waals surface area (Å²) in [5, 5.41) is 0. The first-order chi connectivity index (χ1) is 12.7. The van der Waals surface area contributed by atoms with Crippen molar-refractivity contribution in [3.8, 4) is 0 Å². The molecule has 2 aromatic carbocycles. The summed E-state index contributed by atoms with van der Waals surface area (Å²) in [6, 6.07) is 16.4. The van der Waals surface area contributed by atoms with E-state index >= 15 is 0 Å². The van der Waals surface area contributed by atoms with Gasteiger partial charge in [-0.1, -0.05) is 60.7 Å². The molecule has 0 N–H and O–H groups in total. The first-order valence-corrected chi connectivity index (χ1v) is 9.34. The average Bonchev–Trinajstić information content (AvgIpc) is 2.64. The summed E-state index contributed by atoms with van der Waals surface area (Å²) < 4.78 is 69.9. The van der Waals surface area contributed by atoms with Gasteiger partial charge in [0.15, 0.2) is 0 Å². The van der Waals surface area contributed by atoms with Crippen molar-refractivity contribution >= 4 is 16.1 Å². The van der Waals surface area contributed by atoms with Gasteiger partial charge >= 0.3 is 21.6 Å². The molecule has 0 fully saturated rings. The third-order valence-electron chi connectivity index (χ3n) is 3.55. The molecule has 5 nitrogen and oxygen atoms in total. The van der Waals surface area contributed by atoms with Crippen LogP contribution in [0.4, 0.5) is 13.2 Å². The summed E-state index contributed by atoms with van der Waals surface area (Å²) in [5.41, 5.74) is -4.59. The minimum Gasteiger partial charge on any atom is -0.461 e. The van der Waals surface area contributed by atoms with Crippen LogP contribution in [0.5, 0.6) is 0 Å². The van der Waals surface area contributed by atoms with Gasteiger partial charge in [-0.25, -0.2) is 0 Å². The lowest BCUT2D eigenvalue weighted by Crippen LogP contribution is -2.27. The highest BCUT2D eigenvalue weighted by Gasteiger charge is 2.48. The zero-order valence-corrected chi connectivity index (χ0v) is 14.9. The van der Waals surface area contributed by atoms with Crippen LogP contribution in [-0.4, -0.2) is 19.9 Å². The fourth-order valence-electron chi connectivity index (χ4n) is 2.20. The Kier molecular flexibility index (Phi) is 6.98. The summed E-state index contributed by atoms with van der Waals surface area (Å²) in [7, 11) is -5.80. The molecule has 9 heteroatoms. The third-order valence-corrected chi connectivity index (χ3v) is 4.60. The van der Waals surface area contributed by atoms with Gasteiger partial charge < -0.3 is 4.74 Å². The van der Waals surface area contributed by atoms with E-state index < -0.39 is 27.7 Å². The minimum absolute atomic E-state index is 0.0113. The average molecular weight is 402 g/mol. The number of carbonyl (C=O) groups is 1. The summed E-state index contributed by atoms with van der Waals surface area (Å²) in [4.78, 5) is 11.9. The zero-order valence-electron chi connectivity index (χ0n) is 14.1. The first kappa shape index (κ1) is 20.9. The number of rotatable bonds is 8. The predicted molar refractivity (Wildman–Crippen MR) is 90.7 cm³/mol. The van der Waals surface area contributed by atoms with E-state index in [2.05, 4.69) is 4.18 Å². The fourth-order valence-corrected chi connectivity index (χ4v) is 2.83. The summed E-state index contributed by atoms with van der Waals surface area (Å²) in [5.74, 6) is -0.673. The van der Waals surface area contributed by atoms with Gasteiger partial charge in [-0.2, -0.15) is 21.6 Å². The van der Waals surface area contributed by atoms with E-state index in [0.29, 0.717) is 0 Å². The summed E-state index contributed by atoms with van der Waals surface area (Å²) in [6.07, 6.45) is -2.05. The Morgan fingerprint density at radius 2 is 1.52 bits per heavy atom. The van der Waals surface area contributed by atoms with Crippen LogP contribution < -0.4 is 0 Å². The SMILES string of the molecule is O=C(CCC(OS(=O)(=O)C(F)(F)F)c1ccccc1)OCc1ccccc1. The van der Waals surface area contributed by atoms with Crippen LogP contribution in [0, 0.1) is 0 Å². The van der Waals surface area contributed by atoms with Gasteiger partial charge in [0.05, 0.1) is 0 Å². The van der Waals surface area contributed by atoms with Crippen molar-refractivity contribution in [1.29, 1.82) is 0 Å². The number of benzene rings is 2. The number of halogens is 3. The number of carbonyl (C=O) groups excluding carboxylic acids is 1. The molecule has 0 spiro atoms. The molecule has 1 atom stereocenters. The lowest BCUT2D eigenvalue weighted by molar-refractivity contribution is -0.145. The quantitative estimate of drug-likeness (QED) is 0.377. The molecule has 146 valence electrons. The Labute approximate surface area is 154 Å². The van der Waals surface area contributed by atoms with Crippen LogP contribution >= 0.6 is 0 Å². The Morgan fingerprint density at radius 1 is 0.963 bits per heavy atom. The van der Waals surface area contributed by atoms with Gasteiger partial charge in [0.1, 0.15) is 12.7 Å². The van der Waals surface area contributed by atoms with E-state index in [4.69, 9.17) is 4.74 Å². The van der Waals surface area contributed by atoms with Crippen molar-refractivity contribution in [2.24, 2.45) is 0 Å². The molecule has 2 rings (SSSR count). The Hall–Kier alpha value is -2.39. The van der Waals surface area contributed by atoms with Crippen LogP contribution in [0.1, 0.15) is 30.1 Å². The van der Waals surface area contributed by atoms with Crippen LogP contribution in [-0.2, 0) is 30.4 Å². The number of ether oxygens (including phenoxy) is 1. The van der Waals surface area contributed by atoms with Gasteiger partial charge in [0, 0.05) is 6.42 Å². The first-order valence-electron chi connectivity index (χ1n) is 7.93. The lowest BCUT2D eigenvalue weighted by Gasteiger charge is -2.18. The highest BCUT2D eigenvalue weighted by atomic mass is 32.2. The molecule has 0 saturated heterocycles. The Bertz CT molecular complexity index is 836. The second-order valence-electron chi connectivity index (χ2n) is 5.58. The molecule has 27 heavy (non-hydrogen) atoms. The van der Waals surface area contributed by atoms with Crippen LogP contribution in [0.2, 0.25) is 0 Å². The second-order valence-corrected chi connectivity index (χ2v) is 7.14. The van der Waals surface area contributed by atoms with Gasteiger partial charge in [-0.3, -0.25) is 8.98 Å². The van der Waals surface area contributed by atoms with E-state index in [-0.39, 0.29) is 25.0 Å². The van der Waals surface area contributed by atoms with Crippen molar-refractivity contribution in [3.63, 3.8) is 0 Å². The van der Waals surface area contributed by atoms with E-state index in [1.807, 2.05) is 0 Å². The van der Waals surface area contributed by atoms with Gasteiger partial charge in [0.2, 0.25) is 0 Å². The number of hydrogen-bond donors (Lipinski definition) is 0. The van der Waals surface area contributed by atoms with E-state index in [1.165, 1.54) is 24.3 Å². The van der Waals surface area contributed by atoms with Crippen molar-refractivity contribution in [2.75, 3.05) is 0 Å². The zero-order chi connectivity index (χ0) is 19.9. The molecular formula is C18H17F3O5S. The highest BCUT2D eigenvalue weighted by Crippen LogP contribution is 2.32. The molecule has 0 aliphatic carbocycles. The minimum atomic E-state index is -5.80. The molecule has 0 amide bonds. The van der Waals surface area contributed by atoms with Crippen molar-refractivity contribution in [3.05, 3.63) is 71.8 Å². The molecule has 0 aliphatic rings. The number of hydrogen-bond acceptors (Lipinski definition) is 5. The van der Waals surface area contributed by atoms with Gasteiger partial charge in [-0.05, 0) is 17.5 Å². The van der Waals surface area contributed by atoms with Gasteiger partial charge in [-0.15, -0.1) is 0 Å². The molecule has 2 aromatic rings. The third kappa shape index (κ3) is 6.37. The Morgan fingerprint density at radius 3 is 2.07 bits per heavy atom. The molecule has 0 aromatic heterocycles. The number of alkyl halides is 3. The monoisotopic (exact) mass is 402 g/mol. The lowest BCUT2D eigenvalue weighted by atomic mass is 10.1. The smallest absolute Gasteiger partial charge is 0.461 e. The normalized spacial score (nSPS) is 13.1. The van der Waals surface area contributed by atoms with E-state index in [9.17, 15) is 26.4 Å². The maximum atomic E-state index is 12.6. The summed E-state index contributed by atoms with van der Waals surface area (Å²) >= 11 is 0. The maximum absolute atomic E-state index is 12.6. The molecule has 1 unspecified atom stereocenters. The predicted octanol–water partition coefficient (Wildman–Crippen LogP) is 4.12. The van der Waals surface area contributed by atoms with Crippen molar-refractivity contribution in [2.45, 2.75) is 31.1 Å². The summed E-state index contributed by atoms with van der Waals surface area (Å²) in [6.45, 7) is 0.0113. The topological polar surface area (TPSA) is 69.7 Å². The van der Waals surface area contributed by atoms with E-state index in [1.54, 1.807) is 36.4 Å². The molecular weight excluding hydrogens is 385 g/mol. The number of esters is 1. The molecule has 0 heterocycles. The molecule has 0 aliphatic heterocycles. The largest absolute Gasteiger partial charge is 0.523 e. The molecule has 0 saturated carbocycles. The van der Waals surface area contributed by atoms with Crippen LogP contribution in [0.3, 0.4) is 0 Å². The Balaban J connectivity index is 2.01. The van der Waals surface area contributed by atoms with E-state index in [0.717, 1.165) is 5.56 Å².